The van der Waals surface area contributed by atoms with Crippen molar-refractivity contribution in [3.63, 3.8) is 0 Å². The third-order valence-corrected chi connectivity index (χ3v) is 5.65. The third kappa shape index (κ3) is 3.91. The van der Waals surface area contributed by atoms with Gasteiger partial charge in [-0.2, -0.15) is 17.4 Å². The Labute approximate surface area is 110 Å². The Morgan fingerprint density at radius 2 is 1.83 bits per heavy atom. The molecule has 2 aliphatic rings. The zero-order valence-corrected chi connectivity index (χ0v) is 11.8. The minimum atomic E-state index is -3.33. The molecule has 2 fully saturated rings. The van der Waals surface area contributed by atoms with Gasteiger partial charge < -0.3 is 5.11 Å². The summed E-state index contributed by atoms with van der Waals surface area (Å²) in [5.41, 5.74) is 0. The van der Waals surface area contributed by atoms with E-state index in [1.54, 1.807) is 0 Å². The van der Waals surface area contributed by atoms with Crippen molar-refractivity contribution >= 4 is 10.2 Å². The summed E-state index contributed by atoms with van der Waals surface area (Å²) in [6, 6.07) is 0.0260. The van der Waals surface area contributed by atoms with E-state index in [1.165, 1.54) is 17.1 Å². The maximum atomic E-state index is 12.1. The number of nitrogens with one attached hydrogen (secondary N) is 1. The van der Waals surface area contributed by atoms with Crippen LogP contribution in [0.4, 0.5) is 0 Å². The lowest BCUT2D eigenvalue weighted by Crippen LogP contribution is -2.48. The van der Waals surface area contributed by atoms with Crippen molar-refractivity contribution in [2.45, 2.75) is 45.1 Å². The van der Waals surface area contributed by atoms with Crippen LogP contribution < -0.4 is 4.72 Å². The molecule has 1 atom stereocenters. The minimum absolute atomic E-state index is 0.0260. The van der Waals surface area contributed by atoms with Gasteiger partial charge >= 0.3 is 0 Å². The second-order valence-corrected chi connectivity index (χ2v) is 7.43. The molecule has 0 amide bonds. The minimum Gasteiger partial charge on any atom is -0.396 e. The molecular weight excluding hydrogens is 252 g/mol. The Hall–Kier alpha value is -0.170. The Morgan fingerprint density at radius 1 is 1.22 bits per heavy atom. The summed E-state index contributed by atoms with van der Waals surface area (Å²) in [5, 5.41) is 9.05. The van der Waals surface area contributed by atoms with E-state index in [2.05, 4.69) is 4.72 Å². The van der Waals surface area contributed by atoms with Crippen molar-refractivity contribution in [1.82, 2.24) is 9.03 Å². The standard InChI is InChI=1S/C12H24N2O3S/c1-10(8-11-2-3-11)13-18(16,17)14-6-4-12(9-15)5-7-14/h10-13,15H,2-9H2,1H3. The van der Waals surface area contributed by atoms with Crippen molar-refractivity contribution in [1.29, 1.82) is 0 Å². The van der Waals surface area contributed by atoms with Gasteiger partial charge in [0.2, 0.25) is 0 Å². The lowest BCUT2D eigenvalue weighted by molar-refractivity contribution is 0.169. The SMILES string of the molecule is CC(CC1CC1)NS(=O)(=O)N1CCC(CO)CC1. The van der Waals surface area contributed by atoms with Gasteiger partial charge in [0, 0.05) is 25.7 Å². The summed E-state index contributed by atoms with van der Waals surface area (Å²) in [6.45, 7) is 3.16. The molecule has 2 N–H and O–H groups in total. The number of rotatable bonds is 6. The smallest absolute Gasteiger partial charge is 0.279 e. The predicted octanol–water partition coefficient (Wildman–Crippen LogP) is 0.714. The van der Waals surface area contributed by atoms with Crippen LogP contribution in [0.5, 0.6) is 0 Å². The average Bonchev–Trinajstić information content (AvgIpc) is 3.12. The zero-order valence-electron chi connectivity index (χ0n) is 11.0. The van der Waals surface area contributed by atoms with Crippen molar-refractivity contribution in [2.75, 3.05) is 19.7 Å². The van der Waals surface area contributed by atoms with Gasteiger partial charge in [-0.25, -0.2) is 0 Å². The first-order valence-corrected chi connectivity index (χ1v) is 8.33. The van der Waals surface area contributed by atoms with E-state index in [4.69, 9.17) is 5.11 Å². The van der Waals surface area contributed by atoms with Gasteiger partial charge in [-0.15, -0.1) is 0 Å². The second kappa shape index (κ2) is 5.86. The van der Waals surface area contributed by atoms with Crippen molar-refractivity contribution in [2.24, 2.45) is 11.8 Å². The number of nitrogens with zero attached hydrogens (tertiary/aromatic N) is 1. The van der Waals surface area contributed by atoms with Crippen LogP contribution in [-0.2, 0) is 10.2 Å². The van der Waals surface area contributed by atoms with E-state index in [0.717, 1.165) is 25.2 Å². The van der Waals surface area contributed by atoms with Crippen LogP contribution in [0.15, 0.2) is 0 Å². The molecule has 1 unspecified atom stereocenters. The highest BCUT2D eigenvalue weighted by Crippen LogP contribution is 2.33. The van der Waals surface area contributed by atoms with E-state index in [9.17, 15) is 8.42 Å². The molecule has 1 saturated heterocycles. The Kier molecular flexibility index (Phi) is 4.64. The van der Waals surface area contributed by atoms with Crippen LogP contribution in [0.3, 0.4) is 0 Å². The predicted molar refractivity (Wildman–Crippen MR) is 70.2 cm³/mol. The van der Waals surface area contributed by atoms with Crippen LogP contribution in [0.1, 0.15) is 39.0 Å². The molecule has 1 heterocycles. The maximum Gasteiger partial charge on any atom is 0.279 e. The summed E-state index contributed by atoms with van der Waals surface area (Å²) in [5.74, 6) is 0.989. The number of aliphatic hydroxyl groups is 1. The first kappa shape index (κ1) is 14.2. The molecule has 18 heavy (non-hydrogen) atoms. The van der Waals surface area contributed by atoms with Crippen molar-refractivity contribution in [3.05, 3.63) is 0 Å². The van der Waals surface area contributed by atoms with Crippen LogP contribution in [0.25, 0.3) is 0 Å². The number of hydrogen-bond donors (Lipinski definition) is 2. The normalized spacial score (nSPS) is 25.2. The Bertz CT molecular complexity index is 360. The van der Waals surface area contributed by atoms with Gasteiger partial charge in [-0.05, 0) is 38.0 Å². The molecule has 1 aliphatic heterocycles. The molecule has 5 nitrogen and oxygen atoms in total. The fourth-order valence-corrected chi connectivity index (χ4v) is 4.01. The van der Waals surface area contributed by atoms with Gasteiger partial charge in [0.15, 0.2) is 0 Å². The first-order valence-electron chi connectivity index (χ1n) is 6.89. The molecule has 1 saturated carbocycles. The molecule has 2 rings (SSSR count). The highest BCUT2D eigenvalue weighted by molar-refractivity contribution is 7.87. The monoisotopic (exact) mass is 276 g/mol. The van der Waals surface area contributed by atoms with Crippen LogP contribution >= 0.6 is 0 Å². The molecule has 0 spiro atoms. The fraction of sp³-hybridized carbons (Fsp3) is 1.00. The van der Waals surface area contributed by atoms with Crippen LogP contribution in [0, 0.1) is 11.8 Å². The molecule has 6 heteroatoms. The van der Waals surface area contributed by atoms with E-state index >= 15 is 0 Å². The number of hydrogen-bond acceptors (Lipinski definition) is 3. The second-order valence-electron chi connectivity index (χ2n) is 5.73. The summed E-state index contributed by atoms with van der Waals surface area (Å²) in [4.78, 5) is 0. The molecule has 0 aromatic carbocycles. The van der Waals surface area contributed by atoms with Gasteiger partial charge in [0.05, 0.1) is 0 Å². The quantitative estimate of drug-likeness (QED) is 0.751. The summed E-state index contributed by atoms with van der Waals surface area (Å²) >= 11 is 0. The molecular formula is C12H24N2O3S. The van der Waals surface area contributed by atoms with Gasteiger partial charge in [0.25, 0.3) is 10.2 Å². The molecule has 0 radical (unpaired) electrons. The van der Waals surface area contributed by atoms with Crippen molar-refractivity contribution < 1.29 is 13.5 Å². The van der Waals surface area contributed by atoms with Crippen LogP contribution in [-0.4, -0.2) is 43.6 Å². The van der Waals surface area contributed by atoms with E-state index < -0.39 is 10.2 Å². The highest BCUT2D eigenvalue weighted by atomic mass is 32.2. The van der Waals surface area contributed by atoms with E-state index in [1.807, 2.05) is 6.92 Å². The molecule has 0 aromatic rings. The highest BCUT2D eigenvalue weighted by Gasteiger charge is 2.30. The molecule has 1 aliphatic carbocycles. The largest absolute Gasteiger partial charge is 0.396 e. The summed E-state index contributed by atoms with van der Waals surface area (Å²) in [6.07, 6.45) is 4.96. The first-order chi connectivity index (χ1) is 8.51. The third-order valence-electron chi connectivity index (χ3n) is 3.91. The van der Waals surface area contributed by atoms with Crippen LogP contribution in [0.2, 0.25) is 0 Å². The summed E-state index contributed by atoms with van der Waals surface area (Å²) < 4.78 is 28.6. The lowest BCUT2D eigenvalue weighted by Gasteiger charge is -2.31. The molecule has 0 aromatic heterocycles. The molecule has 106 valence electrons. The fourth-order valence-electron chi connectivity index (χ4n) is 2.56. The summed E-state index contributed by atoms with van der Waals surface area (Å²) in [7, 11) is -3.33. The number of aliphatic hydroxyl groups excluding tert-OH is 1. The Balaban J connectivity index is 1.82. The van der Waals surface area contributed by atoms with Gasteiger partial charge in [0.1, 0.15) is 0 Å². The topological polar surface area (TPSA) is 69.6 Å². The van der Waals surface area contributed by atoms with E-state index in [0.29, 0.717) is 13.1 Å². The van der Waals surface area contributed by atoms with E-state index in [-0.39, 0.29) is 18.6 Å². The van der Waals surface area contributed by atoms with Gasteiger partial charge in [-0.1, -0.05) is 12.8 Å². The average molecular weight is 276 g/mol. The molecule has 0 bridgehead atoms. The van der Waals surface area contributed by atoms with Gasteiger partial charge in [-0.3, -0.25) is 0 Å². The van der Waals surface area contributed by atoms with Crippen molar-refractivity contribution in [3.8, 4) is 0 Å². The Morgan fingerprint density at radius 3 is 2.33 bits per heavy atom. The zero-order chi connectivity index (χ0) is 13.2. The maximum absolute atomic E-state index is 12.1. The lowest BCUT2D eigenvalue weighted by atomic mass is 10.00. The number of piperidine rings is 1.